The van der Waals surface area contributed by atoms with Gasteiger partial charge in [-0.1, -0.05) is 6.92 Å². The van der Waals surface area contributed by atoms with Crippen molar-refractivity contribution in [3.63, 3.8) is 0 Å². The predicted molar refractivity (Wildman–Crippen MR) is 67.9 cm³/mol. The highest BCUT2D eigenvalue weighted by molar-refractivity contribution is 9.10. The van der Waals surface area contributed by atoms with Gasteiger partial charge in [-0.25, -0.2) is 4.98 Å². The molecule has 0 saturated carbocycles. The lowest BCUT2D eigenvalue weighted by molar-refractivity contribution is -0.00965. The zero-order valence-corrected chi connectivity index (χ0v) is 12.1. The van der Waals surface area contributed by atoms with Crippen LogP contribution in [0.2, 0.25) is 0 Å². The molecular weight excluding hydrogens is 288 g/mol. The Kier molecular flexibility index (Phi) is 4.85. The van der Waals surface area contributed by atoms with E-state index in [2.05, 4.69) is 25.9 Å². The van der Waals surface area contributed by atoms with Gasteiger partial charge < -0.3 is 14.5 Å². The summed E-state index contributed by atoms with van der Waals surface area (Å²) in [6, 6.07) is 0. The average molecular weight is 305 g/mol. The highest BCUT2D eigenvalue weighted by Gasteiger charge is 2.28. The third-order valence-corrected chi connectivity index (χ3v) is 3.66. The first-order valence-corrected chi connectivity index (χ1v) is 6.11. The summed E-state index contributed by atoms with van der Waals surface area (Å²) in [6.45, 7) is 4.14. The first-order chi connectivity index (χ1) is 7.98. The number of ether oxygens (including phenoxy) is 2. The molecule has 0 fully saturated rings. The van der Waals surface area contributed by atoms with Crippen LogP contribution in [0.5, 0.6) is 0 Å². The van der Waals surface area contributed by atoms with E-state index in [1.54, 1.807) is 14.2 Å². The molecule has 0 saturated heterocycles. The van der Waals surface area contributed by atoms with Crippen LogP contribution in [0, 0.1) is 0 Å². The maximum atomic E-state index is 11.8. The zero-order chi connectivity index (χ0) is 13.1. The Morgan fingerprint density at radius 1 is 1.47 bits per heavy atom. The lowest BCUT2D eigenvalue weighted by Crippen LogP contribution is -2.30. The fourth-order valence-corrected chi connectivity index (χ4v) is 1.70. The highest BCUT2D eigenvalue weighted by atomic mass is 79.9. The van der Waals surface area contributed by atoms with Crippen LogP contribution in [0.4, 0.5) is 0 Å². The molecule has 5 nitrogen and oxygen atoms in total. The third kappa shape index (κ3) is 2.94. The van der Waals surface area contributed by atoms with Gasteiger partial charge in [-0.15, -0.1) is 0 Å². The lowest BCUT2D eigenvalue weighted by atomic mass is 10.0. The van der Waals surface area contributed by atoms with Crippen LogP contribution in [0.15, 0.2) is 9.27 Å². The van der Waals surface area contributed by atoms with Gasteiger partial charge in [0.1, 0.15) is 15.9 Å². The number of methoxy groups -OCH3 is 2. The molecule has 6 heteroatoms. The van der Waals surface area contributed by atoms with Crippen molar-refractivity contribution in [1.82, 2.24) is 9.97 Å². The Labute approximate surface area is 109 Å². The van der Waals surface area contributed by atoms with E-state index in [9.17, 15) is 4.79 Å². The Morgan fingerprint density at radius 2 is 2.12 bits per heavy atom. The molecule has 17 heavy (non-hydrogen) atoms. The van der Waals surface area contributed by atoms with E-state index in [1.165, 1.54) is 0 Å². The Balaban J connectivity index is 3.32. The minimum Gasteiger partial charge on any atom is -0.378 e. The van der Waals surface area contributed by atoms with E-state index in [0.29, 0.717) is 22.4 Å². The summed E-state index contributed by atoms with van der Waals surface area (Å²) in [4.78, 5) is 18.9. The Hall–Kier alpha value is -0.720. The van der Waals surface area contributed by atoms with Gasteiger partial charge in [-0.05, 0) is 29.3 Å². The Bertz CT molecular complexity index is 441. The second kappa shape index (κ2) is 5.75. The van der Waals surface area contributed by atoms with Crippen molar-refractivity contribution >= 4 is 15.9 Å². The van der Waals surface area contributed by atoms with Gasteiger partial charge in [-0.2, -0.15) is 0 Å². The number of hydrogen-bond acceptors (Lipinski definition) is 4. The third-order valence-electron chi connectivity index (χ3n) is 2.84. The van der Waals surface area contributed by atoms with Gasteiger partial charge >= 0.3 is 0 Å². The SMILES string of the molecule is CCC(C)(OC)c1nc(COC)c(Br)c(=O)[nH]1. The number of aromatic nitrogens is 2. The minimum absolute atomic E-state index is 0.223. The number of H-pyrrole nitrogens is 1. The lowest BCUT2D eigenvalue weighted by Gasteiger charge is -2.25. The van der Waals surface area contributed by atoms with Crippen molar-refractivity contribution in [1.29, 1.82) is 0 Å². The van der Waals surface area contributed by atoms with Crippen LogP contribution in [-0.4, -0.2) is 24.2 Å². The van der Waals surface area contributed by atoms with Crippen molar-refractivity contribution < 1.29 is 9.47 Å². The van der Waals surface area contributed by atoms with Crippen molar-refractivity contribution in [2.45, 2.75) is 32.5 Å². The number of nitrogens with one attached hydrogen (secondary N) is 1. The topological polar surface area (TPSA) is 64.2 Å². The van der Waals surface area contributed by atoms with E-state index < -0.39 is 5.60 Å². The average Bonchev–Trinajstić information content (AvgIpc) is 2.34. The second-order valence-corrected chi connectivity index (χ2v) is 4.69. The standard InChI is InChI=1S/C11H17BrN2O3/c1-5-11(2,17-4)10-13-7(6-16-3)8(12)9(15)14-10/h5-6H2,1-4H3,(H,13,14,15). The maximum Gasteiger partial charge on any atom is 0.265 e. The van der Waals surface area contributed by atoms with Gasteiger partial charge in [0.25, 0.3) is 5.56 Å². The van der Waals surface area contributed by atoms with Crippen molar-refractivity contribution in [3.8, 4) is 0 Å². The van der Waals surface area contributed by atoms with Crippen LogP contribution in [0.3, 0.4) is 0 Å². The van der Waals surface area contributed by atoms with E-state index in [-0.39, 0.29) is 12.2 Å². The molecule has 0 aliphatic carbocycles. The number of nitrogens with zero attached hydrogens (tertiary/aromatic N) is 1. The quantitative estimate of drug-likeness (QED) is 0.903. The molecule has 0 aromatic carbocycles. The smallest absolute Gasteiger partial charge is 0.265 e. The summed E-state index contributed by atoms with van der Waals surface area (Å²) < 4.78 is 10.8. The normalized spacial score (nSPS) is 14.6. The van der Waals surface area contributed by atoms with E-state index in [0.717, 1.165) is 0 Å². The summed E-state index contributed by atoms with van der Waals surface area (Å²) in [5, 5.41) is 0. The molecule has 1 aromatic rings. The molecule has 0 radical (unpaired) electrons. The summed E-state index contributed by atoms with van der Waals surface area (Å²) in [5.74, 6) is 0.516. The predicted octanol–water partition coefficient (Wildman–Crippen LogP) is 1.95. The molecule has 1 rings (SSSR count). The largest absolute Gasteiger partial charge is 0.378 e. The minimum atomic E-state index is -0.595. The molecule has 96 valence electrons. The maximum absolute atomic E-state index is 11.8. The summed E-state index contributed by atoms with van der Waals surface area (Å²) in [7, 11) is 3.16. The molecule has 1 aromatic heterocycles. The molecule has 1 heterocycles. The van der Waals surface area contributed by atoms with Gasteiger partial charge in [0.05, 0.1) is 12.3 Å². The van der Waals surface area contributed by atoms with Crippen LogP contribution < -0.4 is 5.56 Å². The second-order valence-electron chi connectivity index (χ2n) is 3.90. The molecule has 0 bridgehead atoms. The number of rotatable bonds is 5. The summed E-state index contributed by atoms with van der Waals surface area (Å²) >= 11 is 3.20. The van der Waals surface area contributed by atoms with Gasteiger partial charge in [0.15, 0.2) is 0 Å². The Morgan fingerprint density at radius 3 is 2.59 bits per heavy atom. The number of halogens is 1. The molecule has 1 unspecified atom stereocenters. The molecule has 0 amide bonds. The molecule has 0 spiro atoms. The molecule has 0 aliphatic heterocycles. The van der Waals surface area contributed by atoms with Crippen LogP contribution >= 0.6 is 15.9 Å². The monoisotopic (exact) mass is 304 g/mol. The van der Waals surface area contributed by atoms with E-state index in [4.69, 9.17) is 9.47 Å². The van der Waals surface area contributed by atoms with Crippen molar-refractivity contribution in [3.05, 3.63) is 26.3 Å². The van der Waals surface area contributed by atoms with E-state index >= 15 is 0 Å². The highest BCUT2D eigenvalue weighted by Crippen LogP contribution is 2.25. The summed E-state index contributed by atoms with van der Waals surface area (Å²) in [6.07, 6.45) is 0.709. The van der Waals surface area contributed by atoms with E-state index in [1.807, 2.05) is 13.8 Å². The molecular formula is C11H17BrN2O3. The first kappa shape index (κ1) is 14.3. The number of hydrogen-bond donors (Lipinski definition) is 1. The molecule has 1 atom stereocenters. The van der Waals surface area contributed by atoms with Crippen LogP contribution in [-0.2, 0) is 21.7 Å². The fraction of sp³-hybridized carbons (Fsp3) is 0.636. The zero-order valence-electron chi connectivity index (χ0n) is 10.5. The molecule has 0 aliphatic rings. The number of aromatic amines is 1. The van der Waals surface area contributed by atoms with Gasteiger partial charge in [0, 0.05) is 14.2 Å². The van der Waals surface area contributed by atoms with Gasteiger partial charge in [0.2, 0.25) is 0 Å². The summed E-state index contributed by atoms with van der Waals surface area (Å²) in [5.41, 5.74) is -0.246. The molecule has 1 N–H and O–H groups in total. The first-order valence-electron chi connectivity index (χ1n) is 5.31. The van der Waals surface area contributed by atoms with Gasteiger partial charge in [-0.3, -0.25) is 4.79 Å². The van der Waals surface area contributed by atoms with Crippen molar-refractivity contribution in [2.75, 3.05) is 14.2 Å². The van der Waals surface area contributed by atoms with Crippen LogP contribution in [0.1, 0.15) is 31.8 Å². The fourth-order valence-electron chi connectivity index (χ4n) is 1.40. The van der Waals surface area contributed by atoms with Crippen molar-refractivity contribution in [2.24, 2.45) is 0 Å². The van der Waals surface area contributed by atoms with Crippen LogP contribution in [0.25, 0.3) is 0 Å².